The molecule has 10 heteroatoms. The number of nitrogens with zero attached hydrogens (tertiary/aromatic N) is 6. The maximum absolute atomic E-state index is 10.9. The minimum atomic E-state index is 0. The van der Waals surface area contributed by atoms with Crippen LogP contribution in [0, 0.1) is 26.7 Å². The smallest absolute Gasteiger partial charge is 0.229 e. The average molecular weight is 594 g/mol. The number of fused-ring (bicyclic) bond motifs is 1. The molecular formula is C30H46Cl2N6O2. The number of aromatic hydroxyl groups is 1. The SMILES string of the molecule is Cc1c(C)c2c(c(C)c1O)C(N1CCN(c3cc(N4CCCC4)nc(N4CCCC4)n3)CC1)C(C)C(C)O2.Cl.Cl. The van der Waals surface area contributed by atoms with Crippen LogP contribution in [0.15, 0.2) is 6.07 Å². The fourth-order valence-electron chi connectivity index (χ4n) is 6.93. The van der Waals surface area contributed by atoms with Crippen LogP contribution in [0.4, 0.5) is 17.6 Å². The van der Waals surface area contributed by atoms with Gasteiger partial charge in [0.15, 0.2) is 0 Å². The number of halogens is 2. The van der Waals surface area contributed by atoms with E-state index in [1.165, 1.54) is 31.2 Å². The lowest BCUT2D eigenvalue weighted by atomic mass is 9.81. The van der Waals surface area contributed by atoms with Gasteiger partial charge in [-0.1, -0.05) is 6.92 Å². The lowest BCUT2D eigenvalue weighted by Crippen LogP contribution is -2.51. The van der Waals surface area contributed by atoms with Crippen molar-refractivity contribution in [2.24, 2.45) is 5.92 Å². The molecule has 3 atom stereocenters. The van der Waals surface area contributed by atoms with Crippen molar-refractivity contribution < 1.29 is 9.84 Å². The van der Waals surface area contributed by atoms with Gasteiger partial charge in [-0.3, -0.25) is 4.90 Å². The van der Waals surface area contributed by atoms with Crippen molar-refractivity contribution in [3.63, 3.8) is 0 Å². The highest BCUT2D eigenvalue weighted by molar-refractivity contribution is 5.85. The van der Waals surface area contributed by atoms with Gasteiger partial charge in [-0.05, 0) is 70.1 Å². The van der Waals surface area contributed by atoms with Gasteiger partial charge in [-0.2, -0.15) is 9.97 Å². The van der Waals surface area contributed by atoms with E-state index in [0.29, 0.717) is 11.7 Å². The van der Waals surface area contributed by atoms with Crippen LogP contribution in [0.25, 0.3) is 0 Å². The largest absolute Gasteiger partial charge is 0.507 e. The summed E-state index contributed by atoms with van der Waals surface area (Å²) in [5.41, 5.74) is 4.14. The zero-order valence-corrected chi connectivity index (χ0v) is 26.3. The summed E-state index contributed by atoms with van der Waals surface area (Å²) in [7, 11) is 0. The van der Waals surface area contributed by atoms with Gasteiger partial charge in [0.1, 0.15) is 29.2 Å². The van der Waals surface area contributed by atoms with Gasteiger partial charge in [0.05, 0.1) is 0 Å². The van der Waals surface area contributed by atoms with Gasteiger partial charge in [-0.25, -0.2) is 0 Å². The van der Waals surface area contributed by atoms with E-state index in [9.17, 15) is 5.11 Å². The van der Waals surface area contributed by atoms with Crippen molar-refractivity contribution in [1.29, 1.82) is 0 Å². The van der Waals surface area contributed by atoms with E-state index < -0.39 is 0 Å². The molecule has 0 amide bonds. The van der Waals surface area contributed by atoms with Gasteiger partial charge in [0, 0.05) is 75.9 Å². The molecule has 1 aromatic carbocycles. The number of anilines is 3. The van der Waals surface area contributed by atoms with E-state index in [0.717, 1.165) is 92.4 Å². The molecule has 222 valence electrons. The summed E-state index contributed by atoms with van der Waals surface area (Å²) in [6.07, 6.45) is 5.06. The van der Waals surface area contributed by atoms with Gasteiger partial charge < -0.3 is 24.5 Å². The van der Waals surface area contributed by atoms with Crippen molar-refractivity contribution in [2.75, 3.05) is 67.1 Å². The predicted octanol–water partition coefficient (Wildman–Crippen LogP) is 5.43. The number of benzene rings is 1. The summed E-state index contributed by atoms with van der Waals surface area (Å²) in [4.78, 5) is 20.0. The van der Waals surface area contributed by atoms with E-state index in [4.69, 9.17) is 14.7 Å². The third kappa shape index (κ3) is 5.39. The molecule has 4 aliphatic heterocycles. The summed E-state index contributed by atoms with van der Waals surface area (Å²) >= 11 is 0. The molecule has 0 aliphatic carbocycles. The van der Waals surface area contributed by atoms with Crippen molar-refractivity contribution >= 4 is 42.4 Å². The number of phenolic OH excluding ortho intramolecular Hbond substituents is 1. The highest BCUT2D eigenvalue weighted by atomic mass is 35.5. The fourth-order valence-corrected chi connectivity index (χ4v) is 6.93. The van der Waals surface area contributed by atoms with Crippen molar-refractivity contribution in [2.45, 2.75) is 72.4 Å². The number of ether oxygens (including phenoxy) is 1. The first-order valence-electron chi connectivity index (χ1n) is 14.7. The number of hydrogen-bond donors (Lipinski definition) is 1. The van der Waals surface area contributed by atoms with Crippen LogP contribution in [0.1, 0.15) is 67.8 Å². The Morgan fingerprint density at radius 1 is 0.725 bits per heavy atom. The summed E-state index contributed by atoms with van der Waals surface area (Å²) in [5, 5.41) is 10.9. The Morgan fingerprint density at radius 2 is 1.25 bits per heavy atom. The Labute approximate surface area is 251 Å². The molecule has 3 saturated heterocycles. The lowest BCUT2D eigenvalue weighted by molar-refractivity contribution is 0.0393. The molecule has 2 aromatic rings. The third-order valence-corrected chi connectivity index (χ3v) is 9.64. The van der Waals surface area contributed by atoms with E-state index in [1.807, 2.05) is 6.92 Å². The fraction of sp³-hybridized carbons (Fsp3) is 0.667. The molecule has 0 bridgehead atoms. The minimum Gasteiger partial charge on any atom is -0.507 e. The molecule has 0 radical (unpaired) electrons. The van der Waals surface area contributed by atoms with Crippen molar-refractivity contribution in [1.82, 2.24) is 14.9 Å². The molecule has 1 N–H and O–H groups in total. The molecule has 3 fully saturated rings. The molecule has 1 aromatic heterocycles. The molecular weight excluding hydrogens is 547 g/mol. The van der Waals surface area contributed by atoms with Crippen molar-refractivity contribution in [3.05, 3.63) is 28.3 Å². The molecule has 40 heavy (non-hydrogen) atoms. The van der Waals surface area contributed by atoms with Gasteiger partial charge in [0.25, 0.3) is 0 Å². The second-order valence-corrected chi connectivity index (χ2v) is 11.9. The van der Waals surface area contributed by atoms with E-state index in [2.05, 4.69) is 53.4 Å². The summed E-state index contributed by atoms with van der Waals surface area (Å²) in [6, 6.07) is 2.45. The summed E-state index contributed by atoms with van der Waals surface area (Å²) < 4.78 is 6.45. The third-order valence-electron chi connectivity index (χ3n) is 9.64. The number of aromatic nitrogens is 2. The first-order chi connectivity index (χ1) is 18.3. The normalized spacial score (nSPS) is 24.8. The Hall–Kier alpha value is -2.16. The van der Waals surface area contributed by atoms with E-state index >= 15 is 0 Å². The molecule has 0 spiro atoms. The second-order valence-electron chi connectivity index (χ2n) is 11.9. The predicted molar refractivity (Wildman–Crippen MR) is 168 cm³/mol. The number of piperazine rings is 1. The molecule has 3 unspecified atom stereocenters. The average Bonchev–Trinajstić information content (AvgIpc) is 3.67. The summed E-state index contributed by atoms with van der Waals surface area (Å²) in [5.74, 6) is 4.79. The van der Waals surface area contributed by atoms with Gasteiger partial charge >= 0.3 is 0 Å². The van der Waals surface area contributed by atoms with Crippen LogP contribution in [0.3, 0.4) is 0 Å². The van der Waals surface area contributed by atoms with Crippen molar-refractivity contribution in [3.8, 4) is 11.5 Å². The lowest BCUT2D eigenvalue weighted by Gasteiger charge is -2.47. The number of hydrogen-bond acceptors (Lipinski definition) is 8. The van der Waals surface area contributed by atoms with E-state index in [-0.39, 0.29) is 37.0 Å². The molecule has 5 heterocycles. The Bertz CT molecular complexity index is 1160. The highest BCUT2D eigenvalue weighted by Crippen LogP contribution is 2.49. The Kier molecular flexibility index (Phi) is 9.53. The standard InChI is InChI=1S/C30H44N6O2.2ClH/c1-19-20(2)29-26(22(4)28(19)37)27(21(3)23(5)38-29)35-16-14-34(15-17-35)25-18-24(33-10-6-7-11-33)31-30(32-25)36-12-8-9-13-36;;/h18,21,23,27,37H,6-17H2,1-5H3;2*1H. The van der Waals surface area contributed by atoms with Gasteiger partial charge in [-0.15, -0.1) is 24.8 Å². The maximum atomic E-state index is 10.9. The molecule has 0 saturated carbocycles. The molecule has 8 nitrogen and oxygen atoms in total. The quantitative estimate of drug-likeness (QED) is 0.504. The topological polar surface area (TPSA) is 68.2 Å². The molecule has 4 aliphatic rings. The van der Waals surface area contributed by atoms with E-state index in [1.54, 1.807) is 0 Å². The maximum Gasteiger partial charge on any atom is 0.229 e. The van der Waals surface area contributed by atoms with Crippen LogP contribution < -0.4 is 19.4 Å². The monoisotopic (exact) mass is 592 g/mol. The number of phenols is 1. The molecule has 6 rings (SSSR count). The van der Waals surface area contributed by atoms with Crippen LogP contribution in [-0.4, -0.2) is 78.4 Å². The first-order valence-corrected chi connectivity index (χ1v) is 14.7. The van der Waals surface area contributed by atoms with Crippen LogP contribution in [-0.2, 0) is 0 Å². The minimum absolute atomic E-state index is 0. The van der Waals surface area contributed by atoms with Crippen LogP contribution in [0.2, 0.25) is 0 Å². The zero-order valence-electron chi connectivity index (χ0n) is 24.6. The second kappa shape index (κ2) is 12.4. The summed E-state index contributed by atoms with van der Waals surface area (Å²) in [6.45, 7) is 18.7. The number of rotatable bonds is 4. The Balaban J connectivity index is 0.00000185. The van der Waals surface area contributed by atoms with Gasteiger partial charge in [0.2, 0.25) is 5.95 Å². The van der Waals surface area contributed by atoms with Crippen LogP contribution >= 0.6 is 24.8 Å². The Morgan fingerprint density at radius 3 is 1.82 bits per heavy atom. The highest BCUT2D eigenvalue weighted by Gasteiger charge is 2.41. The van der Waals surface area contributed by atoms with Crippen LogP contribution in [0.5, 0.6) is 11.5 Å². The first kappa shape index (κ1) is 30.8. The zero-order chi connectivity index (χ0) is 26.6.